The highest BCUT2D eigenvalue weighted by Crippen LogP contribution is 2.41. The van der Waals surface area contributed by atoms with E-state index in [9.17, 15) is 13.9 Å². The lowest BCUT2D eigenvalue weighted by Gasteiger charge is -2.31. The number of aliphatic hydroxyl groups is 1. The van der Waals surface area contributed by atoms with Crippen LogP contribution in [-0.4, -0.2) is 22.1 Å². The summed E-state index contributed by atoms with van der Waals surface area (Å²) in [6, 6.07) is 1.74. The molecule has 1 aromatic heterocycles. The second kappa shape index (κ2) is 6.04. The average molecular weight is 285 g/mol. The van der Waals surface area contributed by atoms with E-state index < -0.39 is 12.0 Å². The first-order valence-electron chi connectivity index (χ1n) is 7.05. The molecule has 0 aliphatic heterocycles. The van der Waals surface area contributed by atoms with Crippen LogP contribution in [0.15, 0.2) is 18.5 Å². The highest BCUT2D eigenvalue weighted by atomic mass is 19.3. The second-order valence-electron chi connectivity index (χ2n) is 5.76. The molecule has 2 rings (SSSR count). The highest BCUT2D eigenvalue weighted by molar-refractivity contribution is 5.25. The molecule has 0 spiro atoms. The third-order valence-corrected chi connectivity index (χ3v) is 3.66. The number of hydrogen-bond donors (Lipinski definition) is 1. The van der Waals surface area contributed by atoms with Gasteiger partial charge in [-0.15, -0.1) is 0 Å². The van der Waals surface area contributed by atoms with E-state index in [0.29, 0.717) is 24.2 Å². The maximum atomic E-state index is 13.1. The fourth-order valence-corrected chi connectivity index (χ4v) is 2.58. The molecule has 0 bridgehead atoms. The van der Waals surface area contributed by atoms with Crippen LogP contribution in [-0.2, 0) is 0 Å². The predicted molar refractivity (Wildman–Crippen MR) is 71.9 cm³/mol. The third kappa shape index (κ3) is 3.88. The summed E-state index contributed by atoms with van der Waals surface area (Å²) in [5, 5.41) is 10.3. The van der Waals surface area contributed by atoms with E-state index >= 15 is 0 Å². The van der Waals surface area contributed by atoms with Gasteiger partial charge in [0, 0.05) is 24.6 Å². The van der Waals surface area contributed by atoms with Crippen LogP contribution in [0.4, 0.5) is 8.78 Å². The van der Waals surface area contributed by atoms with Crippen molar-refractivity contribution in [1.82, 2.24) is 4.98 Å². The van der Waals surface area contributed by atoms with E-state index in [4.69, 9.17) is 4.74 Å². The van der Waals surface area contributed by atoms with E-state index in [0.717, 1.165) is 0 Å². The fraction of sp³-hybridized carbons (Fsp3) is 0.667. The Morgan fingerprint density at radius 1 is 1.30 bits per heavy atom. The third-order valence-electron chi connectivity index (χ3n) is 3.66. The SMILES string of the molecule is CC(C)Oc1cncc(C(O)C2CCC(F)(F)CC2)c1. The van der Waals surface area contributed by atoms with Crippen molar-refractivity contribution in [2.45, 2.75) is 57.7 Å². The molecule has 1 unspecified atom stereocenters. The number of aromatic nitrogens is 1. The van der Waals surface area contributed by atoms with Gasteiger partial charge < -0.3 is 9.84 Å². The Kier molecular flexibility index (Phi) is 4.58. The van der Waals surface area contributed by atoms with E-state index in [1.807, 2.05) is 13.8 Å². The average Bonchev–Trinajstić information content (AvgIpc) is 2.37. The minimum absolute atomic E-state index is 0.0255. The van der Waals surface area contributed by atoms with Gasteiger partial charge in [0.25, 0.3) is 0 Å². The number of nitrogens with zero attached hydrogens (tertiary/aromatic N) is 1. The Bertz CT molecular complexity index is 441. The first kappa shape index (κ1) is 15.2. The first-order valence-corrected chi connectivity index (χ1v) is 7.05. The zero-order chi connectivity index (χ0) is 14.8. The summed E-state index contributed by atoms with van der Waals surface area (Å²) in [4.78, 5) is 4.05. The standard InChI is InChI=1S/C15H21F2NO2/c1-10(2)20-13-7-12(8-18-9-13)14(19)11-3-5-15(16,17)6-4-11/h7-11,14,19H,3-6H2,1-2H3. The van der Waals surface area contributed by atoms with Crippen molar-refractivity contribution in [3.8, 4) is 5.75 Å². The molecular weight excluding hydrogens is 264 g/mol. The van der Waals surface area contributed by atoms with E-state index in [1.165, 1.54) is 0 Å². The van der Waals surface area contributed by atoms with Gasteiger partial charge in [-0.1, -0.05) is 0 Å². The van der Waals surface area contributed by atoms with Crippen molar-refractivity contribution in [2.75, 3.05) is 0 Å². The maximum Gasteiger partial charge on any atom is 0.248 e. The number of ether oxygens (including phenoxy) is 1. The van der Waals surface area contributed by atoms with Crippen LogP contribution in [0.3, 0.4) is 0 Å². The lowest BCUT2D eigenvalue weighted by atomic mass is 9.81. The number of alkyl halides is 2. The summed E-state index contributed by atoms with van der Waals surface area (Å²) < 4.78 is 31.8. The number of hydrogen-bond acceptors (Lipinski definition) is 3. The van der Waals surface area contributed by atoms with Crippen molar-refractivity contribution in [3.05, 3.63) is 24.0 Å². The largest absolute Gasteiger partial charge is 0.489 e. The monoisotopic (exact) mass is 285 g/mol. The van der Waals surface area contributed by atoms with Crippen molar-refractivity contribution in [1.29, 1.82) is 0 Å². The molecule has 1 aromatic rings. The molecule has 0 radical (unpaired) electrons. The van der Waals surface area contributed by atoms with E-state index in [2.05, 4.69) is 4.98 Å². The predicted octanol–water partition coefficient (Wildman–Crippen LogP) is 3.73. The van der Waals surface area contributed by atoms with Crippen LogP contribution in [0.25, 0.3) is 0 Å². The minimum Gasteiger partial charge on any atom is -0.489 e. The molecule has 0 saturated heterocycles. The van der Waals surface area contributed by atoms with Gasteiger partial charge in [-0.25, -0.2) is 8.78 Å². The highest BCUT2D eigenvalue weighted by Gasteiger charge is 2.37. The molecule has 1 heterocycles. The fourth-order valence-electron chi connectivity index (χ4n) is 2.58. The Hall–Kier alpha value is -1.23. The molecule has 0 aromatic carbocycles. The van der Waals surface area contributed by atoms with Gasteiger partial charge in [-0.3, -0.25) is 4.98 Å². The quantitative estimate of drug-likeness (QED) is 0.916. The summed E-state index contributed by atoms with van der Waals surface area (Å²) >= 11 is 0. The van der Waals surface area contributed by atoms with Gasteiger partial charge in [-0.05, 0) is 38.7 Å². The Labute approximate surface area is 118 Å². The Balaban J connectivity index is 2.04. The van der Waals surface area contributed by atoms with Crippen LogP contribution < -0.4 is 4.74 Å². The Morgan fingerprint density at radius 2 is 1.95 bits per heavy atom. The number of aliphatic hydroxyl groups excluding tert-OH is 1. The summed E-state index contributed by atoms with van der Waals surface area (Å²) in [5.41, 5.74) is 0.637. The van der Waals surface area contributed by atoms with Gasteiger partial charge in [0.1, 0.15) is 5.75 Å². The smallest absolute Gasteiger partial charge is 0.248 e. The van der Waals surface area contributed by atoms with Crippen LogP contribution >= 0.6 is 0 Å². The topological polar surface area (TPSA) is 42.4 Å². The summed E-state index contributed by atoms with van der Waals surface area (Å²) in [7, 11) is 0. The number of halogens is 2. The summed E-state index contributed by atoms with van der Waals surface area (Å²) in [6.07, 6.45) is 2.81. The molecule has 1 saturated carbocycles. The van der Waals surface area contributed by atoms with Gasteiger partial charge in [0.15, 0.2) is 0 Å². The van der Waals surface area contributed by atoms with Gasteiger partial charge in [0.2, 0.25) is 5.92 Å². The molecule has 1 aliphatic carbocycles. The van der Waals surface area contributed by atoms with E-state index in [-0.39, 0.29) is 24.9 Å². The van der Waals surface area contributed by atoms with Crippen molar-refractivity contribution in [3.63, 3.8) is 0 Å². The molecule has 5 heteroatoms. The van der Waals surface area contributed by atoms with Gasteiger partial charge >= 0.3 is 0 Å². The van der Waals surface area contributed by atoms with Crippen LogP contribution in [0.5, 0.6) is 5.75 Å². The number of pyridine rings is 1. The normalized spacial score (nSPS) is 20.9. The summed E-state index contributed by atoms with van der Waals surface area (Å²) in [6.45, 7) is 3.82. The minimum atomic E-state index is -2.57. The molecule has 1 atom stereocenters. The van der Waals surface area contributed by atoms with E-state index in [1.54, 1.807) is 18.5 Å². The molecule has 3 nitrogen and oxygen atoms in total. The molecular formula is C15H21F2NO2. The second-order valence-corrected chi connectivity index (χ2v) is 5.76. The van der Waals surface area contributed by atoms with Crippen LogP contribution in [0.1, 0.15) is 51.2 Å². The van der Waals surface area contributed by atoms with Crippen molar-refractivity contribution >= 4 is 0 Å². The molecule has 1 N–H and O–H groups in total. The van der Waals surface area contributed by atoms with Crippen LogP contribution in [0, 0.1) is 5.92 Å². The van der Waals surface area contributed by atoms with Crippen LogP contribution in [0.2, 0.25) is 0 Å². The zero-order valence-corrected chi connectivity index (χ0v) is 11.9. The molecule has 0 amide bonds. The molecule has 112 valence electrons. The lowest BCUT2D eigenvalue weighted by Crippen LogP contribution is -2.27. The lowest BCUT2D eigenvalue weighted by molar-refractivity contribution is -0.0627. The van der Waals surface area contributed by atoms with Crippen molar-refractivity contribution < 1.29 is 18.6 Å². The Morgan fingerprint density at radius 3 is 2.55 bits per heavy atom. The molecule has 1 fully saturated rings. The summed E-state index contributed by atoms with van der Waals surface area (Å²) in [5.74, 6) is -2.11. The zero-order valence-electron chi connectivity index (χ0n) is 11.9. The number of rotatable bonds is 4. The van der Waals surface area contributed by atoms with Gasteiger partial charge in [-0.2, -0.15) is 0 Å². The van der Waals surface area contributed by atoms with Gasteiger partial charge in [0.05, 0.1) is 18.4 Å². The van der Waals surface area contributed by atoms with Crippen molar-refractivity contribution in [2.24, 2.45) is 5.92 Å². The first-order chi connectivity index (χ1) is 9.37. The molecule has 20 heavy (non-hydrogen) atoms. The molecule has 1 aliphatic rings. The maximum absolute atomic E-state index is 13.1.